The normalized spacial score (nSPS) is 17.8. The van der Waals surface area contributed by atoms with Crippen molar-refractivity contribution in [2.75, 3.05) is 26.2 Å². The van der Waals surface area contributed by atoms with Gasteiger partial charge in [-0.05, 0) is 57.2 Å². The van der Waals surface area contributed by atoms with Crippen LogP contribution in [0.25, 0.3) is 16.6 Å². The minimum Gasteiger partial charge on any atom is -0.494 e. The van der Waals surface area contributed by atoms with Gasteiger partial charge in [-0.25, -0.2) is 4.98 Å². The quantitative estimate of drug-likeness (QED) is 0.574. The summed E-state index contributed by atoms with van der Waals surface area (Å²) in [6.45, 7) is 10.8. The molecule has 1 aliphatic heterocycles. The molecule has 7 heteroatoms. The van der Waals surface area contributed by atoms with Crippen molar-refractivity contribution in [3.63, 3.8) is 0 Å². The number of amides is 1. The molecule has 1 saturated heterocycles. The van der Waals surface area contributed by atoms with E-state index in [2.05, 4.69) is 18.7 Å². The molecule has 33 heavy (non-hydrogen) atoms. The van der Waals surface area contributed by atoms with Crippen molar-refractivity contribution < 1.29 is 9.53 Å². The highest BCUT2D eigenvalue weighted by Crippen LogP contribution is 2.26. The van der Waals surface area contributed by atoms with Gasteiger partial charge in [-0.3, -0.25) is 19.1 Å². The molecule has 2 heterocycles. The van der Waals surface area contributed by atoms with Gasteiger partial charge >= 0.3 is 0 Å². The van der Waals surface area contributed by atoms with Crippen molar-refractivity contribution in [1.82, 2.24) is 19.4 Å². The molecule has 2 unspecified atom stereocenters. The lowest BCUT2D eigenvalue weighted by molar-refractivity contribution is -0.135. The first-order chi connectivity index (χ1) is 15.9. The molecule has 4 rings (SSSR count). The number of carbonyl (C=O) groups excluding carboxylic acids is 1. The molecule has 1 aromatic heterocycles. The Morgan fingerprint density at radius 1 is 1.12 bits per heavy atom. The lowest BCUT2D eigenvalue weighted by atomic mass is 10.1. The van der Waals surface area contributed by atoms with Gasteiger partial charge in [-0.15, -0.1) is 0 Å². The Morgan fingerprint density at radius 2 is 1.85 bits per heavy atom. The summed E-state index contributed by atoms with van der Waals surface area (Å²) in [7, 11) is 0. The predicted molar refractivity (Wildman–Crippen MR) is 130 cm³/mol. The van der Waals surface area contributed by atoms with E-state index in [0.717, 1.165) is 24.5 Å². The summed E-state index contributed by atoms with van der Waals surface area (Å²) < 4.78 is 7.30. The second kappa shape index (κ2) is 9.75. The minimum absolute atomic E-state index is 0.0838. The Bertz CT molecular complexity index is 1190. The smallest absolute Gasteiger partial charge is 0.266 e. The molecule has 1 fully saturated rings. The Labute approximate surface area is 194 Å². The number of aromatic nitrogens is 2. The van der Waals surface area contributed by atoms with Crippen LogP contribution in [0.4, 0.5) is 0 Å². The molecular formula is C26H32N4O3. The maximum absolute atomic E-state index is 13.6. The van der Waals surface area contributed by atoms with Gasteiger partial charge in [0.1, 0.15) is 11.6 Å². The van der Waals surface area contributed by atoms with Crippen molar-refractivity contribution in [2.24, 2.45) is 0 Å². The maximum atomic E-state index is 13.6. The highest BCUT2D eigenvalue weighted by molar-refractivity contribution is 5.78. The summed E-state index contributed by atoms with van der Waals surface area (Å²) in [5, 5.41) is 0.592. The van der Waals surface area contributed by atoms with Gasteiger partial charge in [0, 0.05) is 32.1 Å². The second-order valence-electron chi connectivity index (χ2n) is 8.52. The number of hydrogen-bond donors (Lipinski definition) is 0. The first-order valence-corrected chi connectivity index (χ1v) is 11.7. The van der Waals surface area contributed by atoms with E-state index < -0.39 is 0 Å². The zero-order valence-electron chi connectivity index (χ0n) is 19.8. The van der Waals surface area contributed by atoms with Crippen LogP contribution < -0.4 is 10.3 Å². The van der Waals surface area contributed by atoms with Gasteiger partial charge in [-0.2, -0.15) is 0 Å². The lowest BCUT2D eigenvalue weighted by Gasteiger charge is -2.42. The van der Waals surface area contributed by atoms with Crippen molar-refractivity contribution in [3.05, 3.63) is 64.7 Å². The van der Waals surface area contributed by atoms with Crippen LogP contribution in [0.1, 0.15) is 46.0 Å². The van der Waals surface area contributed by atoms with E-state index in [1.165, 1.54) is 0 Å². The molecule has 0 bridgehead atoms. The van der Waals surface area contributed by atoms with E-state index in [-0.39, 0.29) is 23.6 Å². The minimum atomic E-state index is -0.102. The van der Waals surface area contributed by atoms with Gasteiger partial charge in [0.2, 0.25) is 5.91 Å². The number of benzene rings is 2. The summed E-state index contributed by atoms with van der Waals surface area (Å²) >= 11 is 0. The molecule has 1 aliphatic rings. The zero-order chi connectivity index (χ0) is 23.5. The number of piperazine rings is 1. The summed E-state index contributed by atoms with van der Waals surface area (Å²) in [6, 6.07) is 15.0. The van der Waals surface area contributed by atoms with E-state index >= 15 is 0 Å². The van der Waals surface area contributed by atoms with E-state index in [0.29, 0.717) is 36.3 Å². The van der Waals surface area contributed by atoms with Gasteiger partial charge < -0.3 is 9.64 Å². The van der Waals surface area contributed by atoms with Gasteiger partial charge in [0.25, 0.3) is 5.56 Å². The number of nitrogens with zero attached hydrogens (tertiary/aromatic N) is 4. The summed E-state index contributed by atoms with van der Waals surface area (Å²) in [6.07, 6.45) is 0.517. The molecule has 1 amide bonds. The molecule has 3 aromatic rings. The number of hydrogen-bond acceptors (Lipinski definition) is 5. The predicted octanol–water partition coefficient (Wildman–Crippen LogP) is 3.79. The molecule has 2 aromatic carbocycles. The molecular weight excluding hydrogens is 416 g/mol. The second-order valence-corrected chi connectivity index (χ2v) is 8.52. The standard InChI is InChI=1S/C26H32N4O3/c1-5-24(31)29-16-15-28(17-18(29)3)19(4)25-27-23-10-8-7-9-22(23)26(32)30(25)20-11-13-21(14-12-20)33-6-2/h7-14,18-19H,5-6,15-17H2,1-4H3. The third-order valence-electron chi connectivity index (χ3n) is 6.41. The first-order valence-electron chi connectivity index (χ1n) is 11.7. The Hall–Kier alpha value is -3.19. The van der Waals surface area contributed by atoms with E-state index in [1.54, 1.807) is 4.57 Å². The van der Waals surface area contributed by atoms with Crippen LogP contribution in [-0.4, -0.2) is 57.5 Å². The molecule has 0 saturated carbocycles. The zero-order valence-corrected chi connectivity index (χ0v) is 19.8. The van der Waals surface area contributed by atoms with Crippen molar-refractivity contribution in [2.45, 2.75) is 46.2 Å². The molecule has 0 spiro atoms. The number of para-hydroxylation sites is 1. The summed E-state index contributed by atoms with van der Waals surface area (Å²) in [5.74, 6) is 1.65. The molecule has 2 atom stereocenters. The topological polar surface area (TPSA) is 67.7 Å². The monoisotopic (exact) mass is 448 g/mol. The van der Waals surface area contributed by atoms with Crippen LogP contribution in [0.15, 0.2) is 53.3 Å². The highest BCUT2D eigenvalue weighted by atomic mass is 16.5. The fourth-order valence-electron chi connectivity index (χ4n) is 4.61. The number of carbonyl (C=O) groups is 1. The summed E-state index contributed by atoms with van der Waals surface area (Å²) in [5.41, 5.74) is 1.37. The number of fused-ring (bicyclic) bond motifs is 1. The van der Waals surface area contributed by atoms with Crippen LogP contribution in [0, 0.1) is 0 Å². The van der Waals surface area contributed by atoms with Crippen molar-refractivity contribution >= 4 is 16.8 Å². The van der Waals surface area contributed by atoms with Crippen molar-refractivity contribution in [1.29, 1.82) is 0 Å². The van der Waals surface area contributed by atoms with Crippen LogP contribution in [0.3, 0.4) is 0 Å². The number of rotatable bonds is 6. The number of ether oxygens (including phenoxy) is 1. The average Bonchev–Trinajstić information content (AvgIpc) is 2.84. The molecule has 7 nitrogen and oxygen atoms in total. The fourth-order valence-corrected chi connectivity index (χ4v) is 4.61. The van der Waals surface area contributed by atoms with Crippen LogP contribution in [-0.2, 0) is 4.79 Å². The Kier molecular flexibility index (Phi) is 6.79. The third kappa shape index (κ3) is 4.50. The fraction of sp³-hybridized carbons (Fsp3) is 0.423. The van der Waals surface area contributed by atoms with E-state index in [9.17, 15) is 9.59 Å². The first kappa shape index (κ1) is 23.0. The SMILES string of the molecule is CCOc1ccc(-n2c(C(C)N3CCN(C(=O)CC)C(C)C3)nc3ccccc3c2=O)cc1. The van der Waals surface area contributed by atoms with Gasteiger partial charge in [0.15, 0.2) is 0 Å². The van der Waals surface area contributed by atoms with Gasteiger partial charge in [-0.1, -0.05) is 19.1 Å². The van der Waals surface area contributed by atoms with Gasteiger partial charge in [0.05, 0.1) is 29.2 Å². The van der Waals surface area contributed by atoms with Crippen LogP contribution in [0.5, 0.6) is 5.75 Å². The molecule has 0 aliphatic carbocycles. The molecule has 174 valence electrons. The highest BCUT2D eigenvalue weighted by Gasteiger charge is 2.31. The Morgan fingerprint density at radius 3 is 2.52 bits per heavy atom. The van der Waals surface area contributed by atoms with Crippen molar-refractivity contribution in [3.8, 4) is 11.4 Å². The Balaban J connectivity index is 1.75. The maximum Gasteiger partial charge on any atom is 0.266 e. The van der Waals surface area contributed by atoms with E-state index in [4.69, 9.17) is 9.72 Å². The molecule has 0 radical (unpaired) electrons. The average molecular weight is 449 g/mol. The largest absolute Gasteiger partial charge is 0.494 e. The van der Waals surface area contributed by atoms with Crippen LogP contribution in [0.2, 0.25) is 0 Å². The third-order valence-corrected chi connectivity index (χ3v) is 6.41. The lowest BCUT2D eigenvalue weighted by Crippen LogP contribution is -2.54. The summed E-state index contributed by atoms with van der Waals surface area (Å²) in [4.78, 5) is 35.1. The van der Waals surface area contributed by atoms with Crippen LogP contribution >= 0.6 is 0 Å². The molecule has 0 N–H and O–H groups in total. The van der Waals surface area contributed by atoms with E-state index in [1.807, 2.05) is 67.3 Å².